The molecule has 2 heteroatoms. The maximum atomic E-state index is 12.2. The van der Waals surface area contributed by atoms with Gasteiger partial charge in [-0.2, -0.15) is 0 Å². The number of nitrogens with one attached hydrogen (secondary N) is 1. The number of aryl methyl sites for hydroxylation is 2. The van der Waals surface area contributed by atoms with Crippen molar-refractivity contribution in [3.8, 4) is 0 Å². The van der Waals surface area contributed by atoms with Gasteiger partial charge in [-0.15, -0.1) is 0 Å². The van der Waals surface area contributed by atoms with Gasteiger partial charge < -0.3 is 5.32 Å². The largest absolute Gasteiger partial charge is 0.322 e. The van der Waals surface area contributed by atoms with Crippen molar-refractivity contribution in [2.24, 2.45) is 0 Å². The summed E-state index contributed by atoms with van der Waals surface area (Å²) in [5, 5.41) is 2.95. The molecule has 0 radical (unpaired) electrons. The highest BCUT2D eigenvalue weighted by Crippen LogP contribution is 2.17. The predicted octanol–water partition coefficient (Wildman–Crippen LogP) is 4.35. The van der Waals surface area contributed by atoms with Gasteiger partial charge >= 0.3 is 0 Å². The van der Waals surface area contributed by atoms with Gasteiger partial charge in [0.25, 0.3) is 5.91 Å². The van der Waals surface area contributed by atoms with E-state index in [0.717, 1.165) is 16.8 Å². The SMILES string of the molecule is CC(=Cc1ccccc1)C(=O)Nc1ccc(C)cc1C. The summed E-state index contributed by atoms with van der Waals surface area (Å²) < 4.78 is 0. The van der Waals surface area contributed by atoms with E-state index in [0.29, 0.717) is 5.57 Å². The molecule has 102 valence electrons. The minimum Gasteiger partial charge on any atom is -0.322 e. The third kappa shape index (κ3) is 3.58. The van der Waals surface area contributed by atoms with Crippen molar-refractivity contribution in [2.75, 3.05) is 5.32 Å². The van der Waals surface area contributed by atoms with Crippen LogP contribution >= 0.6 is 0 Å². The standard InChI is InChI=1S/C18H19NO/c1-13-9-10-17(14(2)11-13)19-18(20)15(3)12-16-7-5-4-6-8-16/h4-12H,1-3H3,(H,19,20). The number of hydrogen-bond acceptors (Lipinski definition) is 1. The van der Waals surface area contributed by atoms with E-state index in [1.54, 1.807) is 0 Å². The summed E-state index contributed by atoms with van der Waals surface area (Å²) in [6.45, 7) is 5.86. The topological polar surface area (TPSA) is 29.1 Å². The van der Waals surface area contributed by atoms with E-state index in [2.05, 4.69) is 11.4 Å². The number of carbonyl (C=O) groups is 1. The lowest BCUT2D eigenvalue weighted by molar-refractivity contribution is -0.112. The molecule has 0 aromatic heterocycles. The van der Waals surface area contributed by atoms with Gasteiger partial charge in [0.2, 0.25) is 0 Å². The molecule has 0 heterocycles. The Hall–Kier alpha value is -2.35. The maximum Gasteiger partial charge on any atom is 0.251 e. The fraction of sp³-hybridized carbons (Fsp3) is 0.167. The van der Waals surface area contributed by atoms with E-state index < -0.39 is 0 Å². The molecule has 0 atom stereocenters. The second kappa shape index (κ2) is 6.20. The van der Waals surface area contributed by atoms with Gasteiger partial charge in [0.1, 0.15) is 0 Å². The summed E-state index contributed by atoms with van der Waals surface area (Å²) in [5.74, 6) is -0.0687. The van der Waals surface area contributed by atoms with Gasteiger partial charge in [0.05, 0.1) is 0 Å². The van der Waals surface area contributed by atoms with Crippen LogP contribution in [0.2, 0.25) is 0 Å². The quantitative estimate of drug-likeness (QED) is 0.821. The Labute approximate surface area is 120 Å². The fourth-order valence-electron chi connectivity index (χ4n) is 2.04. The van der Waals surface area contributed by atoms with Crippen LogP contribution < -0.4 is 5.32 Å². The van der Waals surface area contributed by atoms with Crippen LogP contribution in [0, 0.1) is 13.8 Å². The zero-order valence-corrected chi connectivity index (χ0v) is 12.1. The number of amides is 1. The number of hydrogen-bond donors (Lipinski definition) is 1. The molecule has 0 bridgehead atoms. The molecule has 0 aliphatic heterocycles. The molecule has 1 amide bonds. The lowest BCUT2D eigenvalue weighted by Gasteiger charge is -2.09. The first-order valence-electron chi connectivity index (χ1n) is 6.68. The summed E-state index contributed by atoms with van der Waals surface area (Å²) in [7, 11) is 0. The number of benzene rings is 2. The van der Waals surface area contributed by atoms with Gasteiger partial charge in [-0.3, -0.25) is 4.79 Å². The molecule has 0 fully saturated rings. The van der Waals surface area contributed by atoms with Gasteiger partial charge in [-0.25, -0.2) is 0 Å². The molecule has 0 aliphatic carbocycles. The first kappa shape index (κ1) is 14.1. The number of anilines is 1. The molecule has 20 heavy (non-hydrogen) atoms. The van der Waals surface area contributed by atoms with Crippen LogP contribution in [0.15, 0.2) is 54.1 Å². The first-order chi connectivity index (χ1) is 9.56. The molecule has 0 saturated heterocycles. The van der Waals surface area contributed by atoms with Crippen molar-refractivity contribution in [3.05, 3.63) is 70.8 Å². The average Bonchev–Trinajstić information content (AvgIpc) is 2.43. The van der Waals surface area contributed by atoms with Gasteiger partial charge in [0.15, 0.2) is 0 Å². The Morgan fingerprint density at radius 2 is 1.75 bits per heavy atom. The molecule has 2 aromatic rings. The summed E-state index contributed by atoms with van der Waals surface area (Å²) in [5.41, 5.74) is 4.85. The Balaban J connectivity index is 2.14. The van der Waals surface area contributed by atoms with Crippen LogP contribution in [0.5, 0.6) is 0 Å². The second-order valence-electron chi connectivity index (χ2n) is 5.01. The van der Waals surface area contributed by atoms with Crippen molar-refractivity contribution in [3.63, 3.8) is 0 Å². The minimum absolute atomic E-state index is 0.0687. The van der Waals surface area contributed by atoms with Crippen molar-refractivity contribution in [2.45, 2.75) is 20.8 Å². The summed E-state index contributed by atoms with van der Waals surface area (Å²) in [6, 6.07) is 15.8. The van der Waals surface area contributed by atoms with Crippen molar-refractivity contribution < 1.29 is 4.79 Å². The molecule has 0 aliphatic rings. The molecule has 0 saturated carbocycles. The second-order valence-corrected chi connectivity index (χ2v) is 5.01. The Kier molecular flexibility index (Phi) is 4.36. The maximum absolute atomic E-state index is 12.2. The predicted molar refractivity (Wildman–Crippen MR) is 84.6 cm³/mol. The summed E-state index contributed by atoms with van der Waals surface area (Å²) >= 11 is 0. The van der Waals surface area contributed by atoms with E-state index in [1.807, 2.05) is 69.3 Å². The molecular formula is C18H19NO. The van der Waals surface area contributed by atoms with Crippen LogP contribution in [-0.2, 0) is 4.79 Å². The number of carbonyl (C=O) groups excluding carboxylic acids is 1. The lowest BCUT2D eigenvalue weighted by atomic mass is 10.1. The molecule has 2 aromatic carbocycles. The molecule has 1 N–H and O–H groups in total. The van der Waals surface area contributed by atoms with Gasteiger partial charge in [0, 0.05) is 11.3 Å². The Morgan fingerprint density at radius 3 is 2.40 bits per heavy atom. The van der Waals surface area contributed by atoms with Crippen molar-refractivity contribution in [1.29, 1.82) is 0 Å². The molecule has 0 spiro atoms. The lowest BCUT2D eigenvalue weighted by Crippen LogP contribution is -2.13. The third-order valence-corrected chi connectivity index (χ3v) is 3.17. The van der Waals surface area contributed by atoms with Gasteiger partial charge in [-0.1, -0.05) is 48.0 Å². The highest BCUT2D eigenvalue weighted by atomic mass is 16.1. The monoisotopic (exact) mass is 265 g/mol. The normalized spacial score (nSPS) is 11.2. The van der Waals surface area contributed by atoms with Crippen LogP contribution in [-0.4, -0.2) is 5.91 Å². The first-order valence-corrected chi connectivity index (χ1v) is 6.68. The zero-order chi connectivity index (χ0) is 14.5. The van der Waals surface area contributed by atoms with Crippen LogP contribution in [0.25, 0.3) is 6.08 Å². The zero-order valence-electron chi connectivity index (χ0n) is 12.1. The molecule has 0 unspecified atom stereocenters. The summed E-state index contributed by atoms with van der Waals surface area (Å²) in [4.78, 5) is 12.2. The van der Waals surface area contributed by atoms with E-state index >= 15 is 0 Å². The van der Waals surface area contributed by atoms with Crippen molar-refractivity contribution >= 4 is 17.7 Å². The van der Waals surface area contributed by atoms with E-state index in [-0.39, 0.29) is 5.91 Å². The third-order valence-electron chi connectivity index (χ3n) is 3.17. The van der Waals surface area contributed by atoms with E-state index in [1.165, 1.54) is 5.56 Å². The van der Waals surface area contributed by atoms with Gasteiger partial charge in [-0.05, 0) is 44.0 Å². The van der Waals surface area contributed by atoms with Crippen LogP contribution in [0.3, 0.4) is 0 Å². The van der Waals surface area contributed by atoms with E-state index in [9.17, 15) is 4.79 Å². The highest BCUT2D eigenvalue weighted by molar-refractivity contribution is 6.06. The summed E-state index contributed by atoms with van der Waals surface area (Å²) in [6.07, 6.45) is 1.89. The highest BCUT2D eigenvalue weighted by Gasteiger charge is 2.06. The van der Waals surface area contributed by atoms with Crippen molar-refractivity contribution in [1.82, 2.24) is 0 Å². The molecule has 2 rings (SSSR count). The minimum atomic E-state index is -0.0687. The smallest absolute Gasteiger partial charge is 0.251 e. The average molecular weight is 265 g/mol. The van der Waals surface area contributed by atoms with E-state index in [4.69, 9.17) is 0 Å². The van der Waals surface area contributed by atoms with Crippen LogP contribution in [0.1, 0.15) is 23.6 Å². The van der Waals surface area contributed by atoms with Crippen LogP contribution in [0.4, 0.5) is 5.69 Å². The Morgan fingerprint density at radius 1 is 1.05 bits per heavy atom. The number of rotatable bonds is 3. The fourth-order valence-corrected chi connectivity index (χ4v) is 2.04. The molecule has 2 nitrogen and oxygen atoms in total. The molecular weight excluding hydrogens is 246 g/mol. The Bertz CT molecular complexity index is 642.